The third-order valence-corrected chi connectivity index (χ3v) is 7.07. The first-order chi connectivity index (χ1) is 17.9. The Hall–Kier alpha value is -3.94. The predicted molar refractivity (Wildman–Crippen MR) is 147 cm³/mol. The number of thiocarbonyl (C=S) groups is 1. The molecule has 0 saturated carbocycles. The van der Waals surface area contributed by atoms with E-state index in [0.717, 1.165) is 16.8 Å². The van der Waals surface area contributed by atoms with Crippen molar-refractivity contribution < 1.29 is 19.7 Å². The van der Waals surface area contributed by atoms with Crippen LogP contribution in [0.5, 0.6) is 11.5 Å². The fourth-order valence-corrected chi connectivity index (χ4v) is 5.28. The Bertz CT molecular complexity index is 1400. The Kier molecular flexibility index (Phi) is 7.08. The summed E-state index contributed by atoms with van der Waals surface area (Å²) in [4.78, 5) is 1.99. The van der Waals surface area contributed by atoms with E-state index in [4.69, 9.17) is 12.2 Å². The molecule has 37 heavy (non-hydrogen) atoms. The number of nitrogens with zero attached hydrogens (tertiary/aromatic N) is 1. The maximum atomic E-state index is 13.3. The first-order valence-electron chi connectivity index (χ1n) is 12.1. The molecule has 1 saturated heterocycles. The molecule has 4 N–H and O–H groups in total. The highest BCUT2D eigenvalue weighted by Crippen LogP contribution is 2.41. The van der Waals surface area contributed by atoms with E-state index in [-0.39, 0.29) is 29.4 Å². The maximum Gasteiger partial charge on any atom is 0.174 e. The largest absolute Gasteiger partial charge is 0.508 e. The van der Waals surface area contributed by atoms with Gasteiger partial charge in [0.25, 0.3) is 0 Å². The highest BCUT2D eigenvalue weighted by molar-refractivity contribution is 7.80. The van der Waals surface area contributed by atoms with Crippen LogP contribution in [-0.4, -0.2) is 26.5 Å². The van der Waals surface area contributed by atoms with E-state index in [1.807, 2.05) is 53.4 Å². The number of phenols is 2. The van der Waals surface area contributed by atoms with Crippen LogP contribution < -0.4 is 10.2 Å². The van der Waals surface area contributed by atoms with Gasteiger partial charge < -0.3 is 25.5 Å². The van der Waals surface area contributed by atoms with Crippen LogP contribution in [0.25, 0.3) is 11.1 Å². The molecule has 1 fully saturated rings. The third-order valence-electron chi connectivity index (χ3n) is 6.76. The lowest BCUT2D eigenvalue weighted by Gasteiger charge is -2.29. The lowest BCUT2D eigenvalue weighted by atomic mass is 9.91. The second-order valence-corrected chi connectivity index (χ2v) is 9.56. The molecule has 4 aromatic carbocycles. The quantitative estimate of drug-likeness (QED) is 0.219. The van der Waals surface area contributed by atoms with Crippen LogP contribution in [0.4, 0.5) is 10.1 Å². The molecule has 0 spiro atoms. The fourth-order valence-electron chi connectivity index (χ4n) is 4.91. The fraction of sp³-hybridized carbons (Fsp3) is 0.167. The minimum Gasteiger partial charge on any atom is -0.508 e. The summed E-state index contributed by atoms with van der Waals surface area (Å²) < 4.78 is 13.3. The number of hydrogen-bond donors (Lipinski definition) is 4. The van der Waals surface area contributed by atoms with Crippen molar-refractivity contribution in [1.82, 2.24) is 5.32 Å². The highest BCUT2D eigenvalue weighted by atomic mass is 32.1. The van der Waals surface area contributed by atoms with Crippen LogP contribution in [0.2, 0.25) is 0 Å². The Morgan fingerprint density at radius 2 is 1.59 bits per heavy atom. The zero-order valence-corrected chi connectivity index (χ0v) is 20.8. The van der Waals surface area contributed by atoms with Crippen LogP contribution >= 0.6 is 12.2 Å². The molecule has 0 aromatic heterocycles. The Morgan fingerprint density at radius 3 is 2.30 bits per heavy atom. The molecular weight excluding hydrogens is 487 g/mol. The summed E-state index contributed by atoms with van der Waals surface area (Å²) in [6.07, 6.45) is 0.220. The Morgan fingerprint density at radius 1 is 0.865 bits per heavy atom. The van der Waals surface area contributed by atoms with Gasteiger partial charge in [0.15, 0.2) is 5.11 Å². The second kappa shape index (κ2) is 10.6. The van der Waals surface area contributed by atoms with E-state index in [0.29, 0.717) is 29.1 Å². The van der Waals surface area contributed by atoms with Crippen molar-refractivity contribution in [3.05, 3.63) is 114 Å². The van der Waals surface area contributed by atoms with E-state index >= 15 is 0 Å². The molecule has 1 heterocycles. The average molecular weight is 515 g/mol. The van der Waals surface area contributed by atoms with Gasteiger partial charge >= 0.3 is 0 Å². The summed E-state index contributed by atoms with van der Waals surface area (Å²) in [7, 11) is 0. The number of halogens is 1. The van der Waals surface area contributed by atoms with Crippen LogP contribution in [0, 0.1) is 5.82 Å². The standard InChI is InChI=1S/C30H27FN2O3S/c31-22-12-9-19(10-13-22)27(35)16-15-26-29(33(30(37)32-26)23-6-2-1-3-7-23)25-14-11-21(18-28(25)36)20-5-4-8-24(34)17-20/h1-14,17-18,26-27,29,34-36H,15-16H2,(H,32,37)/t26-,27?,29+/m0/s1. The smallest absolute Gasteiger partial charge is 0.174 e. The van der Waals surface area contributed by atoms with E-state index in [1.54, 1.807) is 36.4 Å². The van der Waals surface area contributed by atoms with Gasteiger partial charge in [-0.3, -0.25) is 0 Å². The average Bonchev–Trinajstić information content (AvgIpc) is 3.23. The lowest BCUT2D eigenvalue weighted by Crippen LogP contribution is -2.29. The molecule has 188 valence electrons. The molecule has 4 aromatic rings. The zero-order chi connectivity index (χ0) is 25.9. The van der Waals surface area contributed by atoms with Crippen molar-refractivity contribution in [1.29, 1.82) is 0 Å². The molecule has 3 atom stereocenters. The van der Waals surface area contributed by atoms with Crippen molar-refractivity contribution in [3.8, 4) is 22.6 Å². The summed E-state index contributed by atoms with van der Waals surface area (Å²) in [5, 5.41) is 35.7. The number of benzene rings is 4. The van der Waals surface area contributed by atoms with Crippen LogP contribution in [0.3, 0.4) is 0 Å². The number of para-hydroxylation sites is 1. The van der Waals surface area contributed by atoms with E-state index in [2.05, 4.69) is 5.32 Å². The molecule has 5 nitrogen and oxygen atoms in total. The highest BCUT2D eigenvalue weighted by Gasteiger charge is 2.40. The van der Waals surface area contributed by atoms with Gasteiger partial charge in [-0.1, -0.05) is 54.6 Å². The topological polar surface area (TPSA) is 76.0 Å². The monoisotopic (exact) mass is 514 g/mol. The number of nitrogens with one attached hydrogen (secondary N) is 1. The van der Waals surface area contributed by atoms with E-state index in [9.17, 15) is 19.7 Å². The summed E-state index contributed by atoms with van der Waals surface area (Å²) in [6, 6.07) is 27.5. The summed E-state index contributed by atoms with van der Waals surface area (Å²) in [5.74, 6) is -0.0780. The third kappa shape index (κ3) is 5.28. The molecule has 7 heteroatoms. The minimum atomic E-state index is -0.760. The molecule has 0 aliphatic carbocycles. The zero-order valence-electron chi connectivity index (χ0n) is 20.0. The summed E-state index contributed by atoms with van der Waals surface area (Å²) in [5.41, 5.74) is 3.81. The molecule has 1 aliphatic heterocycles. The molecule has 1 aliphatic rings. The SMILES string of the molecule is Oc1cccc(-c2ccc([C@@H]3[C@H](CCC(O)c4ccc(F)cc4)NC(=S)N3c3ccccc3)c(O)c2)c1. The van der Waals surface area contributed by atoms with Crippen molar-refractivity contribution in [2.45, 2.75) is 31.0 Å². The first-order valence-corrected chi connectivity index (χ1v) is 12.5. The van der Waals surface area contributed by atoms with Gasteiger partial charge in [0, 0.05) is 11.3 Å². The van der Waals surface area contributed by atoms with E-state index in [1.165, 1.54) is 12.1 Å². The van der Waals surface area contributed by atoms with Crippen molar-refractivity contribution >= 4 is 23.0 Å². The molecular formula is C30H27FN2O3S. The first kappa shape index (κ1) is 24.7. The number of aliphatic hydroxyl groups excluding tert-OH is 1. The molecule has 1 unspecified atom stereocenters. The van der Waals surface area contributed by atoms with E-state index < -0.39 is 6.10 Å². The maximum absolute atomic E-state index is 13.3. The van der Waals surface area contributed by atoms with Crippen molar-refractivity contribution in [2.24, 2.45) is 0 Å². The predicted octanol–water partition coefficient (Wildman–Crippen LogP) is 6.22. The summed E-state index contributed by atoms with van der Waals surface area (Å²) in [6.45, 7) is 0. The van der Waals surface area contributed by atoms with Gasteiger partial charge in [-0.25, -0.2) is 4.39 Å². The summed E-state index contributed by atoms with van der Waals surface area (Å²) >= 11 is 5.73. The van der Waals surface area contributed by atoms with Gasteiger partial charge in [-0.2, -0.15) is 0 Å². The molecule has 0 amide bonds. The number of aliphatic hydroxyl groups is 1. The second-order valence-electron chi connectivity index (χ2n) is 9.17. The Labute approximate surface area is 220 Å². The Balaban J connectivity index is 1.46. The van der Waals surface area contributed by atoms with Crippen molar-refractivity contribution in [3.63, 3.8) is 0 Å². The lowest BCUT2D eigenvalue weighted by molar-refractivity contribution is 0.159. The number of rotatable bonds is 7. The number of phenolic OH excluding ortho intramolecular Hbond substituents is 2. The van der Waals surface area contributed by atoms with Crippen LogP contribution in [-0.2, 0) is 0 Å². The molecule has 0 radical (unpaired) electrons. The number of hydrogen-bond acceptors (Lipinski definition) is 4. The normalized spacial score (nSPS) is 18.0. The number of anilines is 1. The molecule has 5 rings (SSSR count). The van der Waals surface area contributed by atoms with Crippen LogP contribution in [0.1, 0.15) is 36.1 Å². The molecule has 0 bridgehead atoms. The number of aromatic hydroxyl groups is 2. The van der Waals surface area contributed by atoms with Gasteiger partial charge in [0.05, 0.1) is 18.2 Å². The van der Waals surface area contributed by atoms with Crippen molar-refractivity contribution in [2.75, 3.05) is 4.90 Å². The van der Waals surface area contributed by atoms with Gasteiger partial charge in [0.2, 0.25) is 0 Å². The van der Waals surface area contributed by atoms with Crippen LogP contribution in [0.15, 0.2) is 97.1 Å². The van der Waals surface area contributed by atoms with Gasteiger partial charge in [-0.15, -0.1) is 0 Å². The van der Waals surface area contributed by atoms with Gasteiger partial charge in [0.1, 0.15) is 17.3 Å². The van der Waals surface area contributed by atoms with Gasteiger partial charge in [-0.05, 0) is 84.2 Å². The minimum absolute atomic E-state index is 0.113.